The Morgan fingerprint density at radius 1 is 1.44 bits per heavy atom. The van der Waals surface area contributed by atoms with Crippen LogP contribution in [0.3, 0.4) is 0 Å². The molecular weight excluding hydrogens is 232 g/mol. The number of benzene rings is 1. The largest absolute Gasteiger partial charge is 0.490 e. The first-order valence-corrected chi connectivity index (χ1v) is 6.29. The molecule has 1 N–H and O–H groups in total. The van der Waals surface area contributed by atoms with Crippen molar-refractivity contribution in [3.05, 3.63) is 33.9 Å². The van der Waals surface area contributed by atoms with E-state index in [-0.39, 0.29) is 16.7 Å². The molecule has 18 heavy (non-hydrogen) atoms. The molecule has 0 saturated heterocycles. The summed E-state index contributed by atoms with van der Waals surface area (Å²) in [6, 6.07) is 4.80. The van der Waals surface area contributed by atoms with Crippen LogP contribution in [0.5, 0.6) is 5.75 Å². The van der Waals surface area contributed by atoms with Crippen molar-refractivity contribution in [1.82, 2.24) is 5.32 Å². The van der Waals surface area contributed by atoms with Gasteiger partial charge in [-0.2, -0.15) is 0 Å². The Kier molecular flexibility index (Phi) is 4.15. The van der Waals surface area contributed by atoms with Gasteiger partial charge in [-0.1, -0.05) is 0 Å². The van der Waals surface area contributed by atoms with Crippen molar-refractivity contribution in [2.75, 3.05) is 7.05 Å². The molecule has 1 saturated carbocycles. The summed E-state index contributed by atoms with van der Waals surface area (Å²) in [6.45, 7) is 0.573. The van der Waals surface area contributed by atoms with Crippen LogP contribution in [0.4, 0.5) is 5.69 Å². The molecule has 5 nitrogen and oxygen atoms in total. The van der Waals surface area contributed by atoms with Crippen LogP contribution in [0, 0.1) is 10.1 Å². The van der Waals surface area contributed by atoms with Gasteiger partial charge in [0.15, 0.2) is 0 Å². The maximum absolute atomic E-state index is 10.8. The van der Waals surface area contributed by atoms with E-state index in [4.69, 9.17) is 4.74 Å². The Bertz CT molecular complexity index is 428. The van der Waals surface area contributed by atoms with Crippen LogP contribution in [0.15, 0.2) is 18.2 Å². The van der Waals surface area contributed by atoms with E-state index < -0.39 is 0 Å². The van der Waals surface area contributed by atoms with E-state index in [1.54, 1.807) is 12.1 Å². The predicted molar refractivity (Wildman–Crippen MR) is 68.7 cm³/mol. The molecule has 0 heterocycles. The molecule has 0 aromatic heterocycles. The highest BCUT2D eigenvalue weighted by Crippen LogP contribution is 2.29. The number of nitro benzene ring substituents is 1. The second-order valence-corrected chi connectivity index (χ2v) is 4.60. The number of ether oxygens (including phenoxy) is 1. The number of non-ortho nitro benzene ring substituents is 1. The monoisotopic (exact) mass is 250 g/mol. The van der Waals surface area contributed by atoms with Crippen LogP contribution in [0.1, 0.15) is 31.2 Å². The summed E-state index contributed by atoms with van der Waals surface area (Å²) in [4.78, 5) is 10.4. The van der Waals surface area contributed by atoms with Crippen LogP contribution < -0.4 is 10.1 Å². The van der Waals surface area contributed by atoms with Crippen molar-refractivity contribution in [3.8, 4) is 5.75 Å². The fourth-order valence-electron chi connectivity index (χ4n) is 2.31. The Balaban J connectivity index is 2.19. The number of nitro groups is 1. The number of rotatable bonds is 5. The zero-order valence-corrected chi connectivity index (χ0v) is 10.5. The third kappa shape index (κ3) is 2.98. The van der Waals surface area contributed by atoms with Gasteiger partial charge in [0.2, 0.25) is 0 Å². The van der Waals surface area contributed by atoms with Gasteiger partial charge in [0.1, 0.15) is 5.75 Å². The molecule has 0 bridgehead atoms. The summed E-state index contributed by atoms with van der Waals surface area (Å²) in [5.74, 6) is 0.766. The van der Waals surface area contributed by atoms with E-state index >= 15 is 0 Å². The van der Waals surface area contributed by atoms with Gasteiger partial charge in [0, 0.05) is 24.2 Å². The molecule has 1 fully saturated rings. The lowest BCUT2D eigenvalue weighted by Gasteiger charge is -2.16. The summed E-state index contributed by atoms with van der Waals surface area (Å²) in [5, 5.41) is 13.8. The Labute approximate surface area is 106 Å². The van der Waals surface area contributed by atoms with Crippen LogP contribution in [-0.4, -0.2) is 18.1 Å². The van der Waals surface area contributed by atoms with Crippen LogP contribution >= 0.6 is 0 Å². The lowest BCUT2D eigenvalue weighted by atomic mass is 10.1. The molecule has 1 aromatic carbocycles. The molecule has 0 amide bonds. The van der Waals surface area contributed by atoms with Gasteiger partial charge in [-0.25, -0.2) is 0 Å². The van der Waals surface area contributed by atoms with Crippen molar-refractivity contribution in [3.63, 3.8) is 0 Å². The molecule has 2 rings (SSSR count). The number of nitrogens with one attached hydrogen (secondary N) is 1. The molecule has 5 heteroatoms. The maximum Gasteiger partial charge on any atom is 0.270 e. The minimum Gasteiger partial charge on any atom is -0.490 e. The minimum atomic E-state index is -0.376. The highest BCUT2D eigenvalue weighted by atomic mass is 16.6. The lowest BCUT2D eigenvalue weighted by molar-refractivity contribution is -0.384. The SMILES string of the molecule is CNCc1cc([N+](=O)[O-])ccc1OC1CCCC1. The van der Waals surface area contributed by atoms with E-state index in [2.05, 4.69) is 5.32 Å². The fourth-order valence-corrected chi connectivity index (χ4v) is 2.31. The highest BCUT2D eigenvalue weighted by Gasteiger charge is 2.19. The number of hydrogen-bond donors (Lipinski definition) is 1. The molecule has 0 radical (unpaired) electrons. The topological polar surface area (TPSA) is 64.4 Å². The molecule has 0 unspecified atom stereocenters. The maximum atomic E-state index is 10.8. The van der Waals surface area contributed by atoms with Crippen molar-refractivity contribution < 1.29 is 9.66 Å². The van der Waals surface area contributed by atoms with Crippen molar-refractivity contribution in [2.45, 2.75) is 38.3 Å². The third-order valence-corrected chi connectivity index (χ3v) is 3.22. The molecule has 1 aliphatic carbocycles. The number of nitrogens with zero attached hydrogens (tertiary/aromatic N) is 1. The van der Waals surface area contributed by atoms with Gasteiger partial charge in [0.25, 0.3) is 5.69 Å². The Morgan fingerprint density at radius 2 is 2.17 bits per heavy atom. The average molecular weight is 250 g/mol. The van der Waals surface area contributed by atoms with Crippen LogP contribution in [0.25, 0.3) is 0 Å². The zero-order valence-electron chi connectivity index (χ0n) is 10.5. The van der Waals surface area contributed by atoms with Crippen molar-refractivity contribution >= 4 is 5.69 Å². The lowest BCUT2D eigenvalue weighted by Crippen LogP contribution is -2.14. The first-order chi connectivity index (χ1) is 8.70. The Hall–Kier alpha value is -1.62. The van der Waals surface area contributed by atoms with Crippen molar-refractivity contribution in [1.29, 1.82) is 0 Å². The van der Waals surface area contributed by atoms with E-state index in [0.29, 0.717) is 6.54 Å². The molecular formula is C13H18N2O3. The predicted octanol–water partition coefficient (Wildman–Crippen LogP) is 2.64. The molecule has 0 aliphatic heterocycles. The third-order valence-electron chi connectivity index (χ3n) is 3.22. The van der Waals surface area contributed by atoms with Gasteiger partial charge in [0.05, 0.1) is 11.0 Å². The summed E-state index contributed by atoms with van der Waals surface area (Å²) < 4.78 is 5.93. The summed E-state index contributed by atoms with van der Waals surface area (Å²) in [6.07, 6.45) is 4.84. The highest BCUT2D eigenvalue weighted by molar-refractivity contribution is 5.43. The quantitative estimate of drug-likeness (QED) is 0.644. The smallest absolute Gasteiger partial charge is 0.270 e. The van der Waals surface area contributed by atoms with Crippen molar-refractivity contribution in [2.24, 2.45) is 0 Å². The van der Waals surface area contributed by atoms with Gasteiger partial charge in [-0.15, -0.1) is 0 Å². The molecule has 0 atom stereocenters. The Morgan fingerprint density at radius 3 is 2.78 bits per heavy atom. The van der Waals surface area contributed by atoms with Gasteiger partial charge < -0.3 is 10.1 Å². The standard InChI is InChI=1S/C13H18N2O3/c1-14-9-10-8-11(15(16)17)6-7-13(10)18-12-4-2-3-5-12/h6-8,12,14H,2-5,9H2,1H3. The second-order valence-electron chi connectivity index (χ2n) is 4.60. The van der Waals surface area contributed by atoms with Gasteiger partial charge in [-0.05, 0) is 38.8 Å². The zero-order chi connectivity index (χ0) is 13.0. The summed E-state index contributed by atoms with van der Waals surface area (Å²) in [5.41, 5.74) is 0.956. The average Bonchev–Trinajstić information content (AvgIpc) is 2.84. The summed E-state index contributed by atoms with van der Waals surface area (Å²) in [7, 11) is 1.82. The fraction of sp³-hybridized carbons (Fsp3) is 0.538. The first-order valence-electron chi connectivity index (χ1n) is 6.29. The second kappa shape index (κ2) is 5.82. The van der Waals surface area contributed by atoms with E-state index in [1.165, 1.54) is 18.9 Å². The van der Waals surface area contributed by atoms with E-state index in [0.717, 1.165) is 24.2 Å². The van der Waals surface area contributed by atoms with E-state index in [1.807, 2.05) is 7.05 Å². The van der Waals surface area contributed by atoms with Gasteiger partial charge in [-0.3, -0.25) is 10.1 Å². The van der Waals surface area contributed by atoms with E-state index in [9.17, 15) is 10.1 Å². The first kappa shape index (κ1) is 12.8. The molecule has 98 valence electrons. The minimum absolute atomic E-state index is 0.110. The summed E-state index contributed by atoms with van der Waals surface area (Å²) >= 11 is 0. The molecule has 0 spiro atoms. The normalized spacial score (nSPS) is 15.8. The molecule has 1 aromatic rings. The number of hydrogen-bond acceptors (Lipinski definition) is 4. The van der Waals surface area contributed by atoms with Crippen LogP contribution in [0.2, 0.25) is 0 Å². The van der Waals surface area contributed by atoms with Gasteiger partial charge >= 0.3 is 0 Å². The molecule has 1 aliphatic rings. The van der Waals surface area contributed by atoms with Crippen LogP contribution in [-0.2, 0) is 6.54 Å².